The molecule has 0 radical (unpaired) electrons. The van der Waals surface area contributed by atoms with Crippen LogP contribution < -0.4 is 0 Å². The van der Waals surface area contributed by atoms with E-state index in [2.05, 4.69) is 0 Å². The number of hydrogen-bond donors (Lipinski definition) is 2. The maximum Gasteiger partial charge on any atom is 0.323 e. The van der Waals surface area contributed by atoms with Gasteiger partial charge >= 0.3 is 11.9 Å². The summed E-state index contributed by atoms with van der Waals surface area (Å²) in [7, 11) is 0. The second-order valence-electron chi connectivity index (χ2n) is 4.38. The normalized spacial score (nSPS) is 16.5. The fourth-order valence-corrected chi connectivity index (χ4v) is 3.35. The average molecular weight is 295 g/mol. The van der Waals surface area contributed by atoms with E-state index in [-0.39, 0.29) is 0 Å². The van der Waals surface area contributed by atoms with Gasteiger partial charge in [0.15, 0.2) is 0 Å². The molecule has 1 aromatic carbocycles. The second-order valence-corrected chi connectivity index (χ2v) is 5.45. The van der Waals surface area contributed by atoms with Crippen LogP contribution in [-0.2, 0) is 14.4 Å². The van der Waals surface area contributed by atoms with Crippen molar-refractivity contribution < 1.29 is 24.6 Å². The zero-order valence-electron chi connectivity index (χ0n) is 10.5. The summed E-state index contributed by atoms with van der Waals surface area (Å²) in [5, 5.41) is 17.6. The van der Waals surface area contributed by atoms with E-state index in [4.69, 9.17) is 10.2 Å². The Morgan fingerprint density at radius 1 is 1.15 bits per heavy atom. The number of thioether (sulfide) groups is 1. The van der Waals surface area contributed by atoms with Gasteiger partial charge in [0.2, 0.25) is 5.91 Å². The second kappa shape index (κ2) is 5.96. The molecule has 106 valence electrons. The lowest BCUT2D eigenvalue weighted by Gasteiger charge is -2.22. The van der Waals surface area contributed by atoms with Crippen molar-refractivity contribution >= 4 is 29.6 Å². The smallest absolute Gasteiger partial charge is 0.323 e. The third kappa shape index (κ3) is 3.11. The molecule has 1 unspecified atom stereocenters. The van der Waals surface area contributed by atoms with Crippen molar-refractivity contribution in [3.05, 3.63) is 29.8 Å². The molecule has 0 bridgehead atoms. The number of fused-ring (bicyclic) bond motifs is 1. The number of carbonyl (C=O) groups is 3. The van der Waals surface area contributed by atoms with Crippen LogP contribution in [0.1, 0.15) is 11.5 Å². The van der Waals surface area contributed by atoms with Crippen LogP contribution in [0.5, 0.6) is 0 Å². The number of rotatable bonds is 5. The van der Waals surface area contributed by atoms with Crippen molar-refractivity contribution in [2.45, 2.75) is 10.8 Å². The summed E-state index contributed by atoms with van der Waals surface area (Å²) in [6.07, 6.45) is 0. The molecule has 0 fully saturated rings. The molecule has 20 heavy (non-hydrogen) atoms. The highest BCUT2D eigenvalue weighted by molar-refractivity contribution is 7.99. The van der Waals surface area contributed by atoms with Crippen LogP contribution in [0.25, 0.3) is 0 Å². The monoisotopic (exact) mass is 295 g/mol. The van der Waals surface area contributed by atoms with Crippen LogP contribution in [0.15, 0.2) is 29.2 Å². The first-order valence-electron chi connectivity index (χ1n) is 5.93. The Morgan fingerprint density at radius 2 is 1.75 bits per heavy atom. The van der Waals surface area contributed by atoms with Gasteiger partial charge < -0.3 is 15.1 Å². The third-order valence-corrected chi connectivity index (χ3v) is 4.14. The predicted octanol–water partition coefficient (Wildman–Crippen LogP) is 0.874. The first kappa shape index (κ1) is 14.4. The summed E-state index contributed by atoms with van der Waals surface area (Å²) in [4.78, 5) is 35.7. The number of nitrogens with zero attached hydrogens (tertiary/aromatic N) is 1. The van der Waals surface area contributed by atoms with E-state index in [0.29, 0.717) is 5.75 Å². The first-order chi connectivity index (χ1) is 9.49. The fourth-order valence-electron chi connectivity index (χ4n) is 2.13. The van der Waals surface area contributed by atoms with E-state index in [1.165, 1.54) is 11.8 Å². The van der Waals surface area contributed by atoms with Gasteiger partial charge in [-0.1, -0.05) is 18.2 Å². The number of carboxylic acid groups (broad SMARTS) is 2. The van der Waals surface area contributed by atoms with Crippen LogP contribution in [0, 0.1) is 0 Å². The molecule has 1 aliphatic rings. The van der Waals surface area contributed by atoms with E-state index < -0.39 is 36.9 Å². The number of amides is 1. The minimum atomic E-state index is -1.22. The van der Waals surface area contributed by atoms with Gasteiger partial charge in [-0.05, 0) is 11.6 Å². The summed E-state index contributed by atoms with van der Waals surface area (Å²) < 4.78 is 0. The minimum absolute atomic E-state index is 0.452. The lowest BCUT2D eigenvalue weighted by atomic mass is 10.00. The number of hydrogen-bond acceptors (Lipinski definition) is 4. The molecular weight excluding hydrogens is 282 g/mol. The SMILES string of the molecule is O=C(O)CN(CC(=O)O)C(=O)C1CSc2ccccc21. The zero-order valence-corrected chi connectivity index (χ0v) is 11.3. The average Bonchev–Trinajstić information content (AvgIpc) is 2.79. The maximum absolute atomic E-state index is 12.4. The van der Waals surface area contributed by atoms with Gasteiger partial charge in [0, 0.05) is 10.6 Å². The van der Waals surface area contributed by atoms with E-state index in [1.54, 1.807) is 0 Å². The van der Waals surface area contributed by atoms with Crippen molar-refractivity contribution in [2.75, 3.05) is 18.8 Å². The van der Waals surface area contributed by atoms with Crippen LogP contribution in [0.3, 0.4) is 0 Å². The van der Waals surface area contributed by atoms with Gasteiger partial charge in [0.25, 0.3) is 0 Å². The molecule has 0 saturated carbocycles. The molecule has 7 heteroatoms. The standard InChI is InChI=1S/C13H13NO5S/c15-11(16)5-14(6-12(17)18)13(19)9-7-20-10-4-2-1-3-8(9)10/h1-4,9H,5-7H2,(H,15,16)(H,17,18). The number of carboxylic acids is 2. The molecule has 1 heterocycles. The predicted molar refractivity (Wildman–Crippen MR) is 71.8 cm³/mol. The summed E-state index contributed by atoms with van der Waals surface area (Å²) in [5.41, 5.74) is 0.836. The Balaban J connectivity index is 2.20. The molecular formula is C13H13NO5S. The first-order valence-corrected chi connectivity index (χ1v) is 6.91. The van der Waals surface area contributed by atoms with Crippen molar-refractivity contribution in [3.8, 4) is 0 Å². The van der Waals surface area contributed by atoms with E-state index in [1.807, 2.05) is 24.3 Å². The van der Waals surface area contributed by atoms with Crippen molar-refractivity contribution in [3.63, 3.8) is 0 Å². The maximum atomic E-state index is 12.4. The quantitative estimate of drug-likeness (QED) is 0.837. The Hall–Kier alpha value is -2.02. The summed E-state index contributed by atoms with van der Waals surface area (Å²) in [6, 6.07) is 7.39. The molecule has 0 saturated heterocycles. The summed E-state index contributed by atoms with van der Waals surface area (Å²) >= 11 is 1.52. The summed E-state index contributed by atoms with van der Waals surface area (Å²) in [5.74, 6) is -2.87. The van der Waals surface area contributed by atoms with Gasteiger partial charge in [0.1, 0.15) is 13.1 Å². The van der Waals surface area contributed by atoms with Crippen LogP contribution in [0.2, 0.25) is 0 Å². The highest BCUT2D eigenvalue weighted by atomic mass is 32.2. The molecule has 0 aliphatic carbocycles. The topological polar surface area (TPSA) is 94.9 Å². The van der Waals surface area contributed by atoms with Crippen LogP contribution >= 0.6 is 11.8 Å². The van der Waals surface area contributed by atoms with E-state index >= 15 is 0 Å². The van der Waals surface area contributed by atoms with Crippen molar-refractivity contribution in [1.29, 1.82) is 0 Å². The fraction of sp³-hybridized carbons (Fsp3) is 0.308. The van der Waals surface area contributed by atoms with Gasteiger partial charge in [0.05, 0.1) is 5.92 Å². The molecule has 6 nitrogen and oxygen atoms in total. The Morgan fingerprint density at radius 3 is 2.35 bits per heavy atom. The Labute approximate surface area is 119 Å². The molecule has 1 amide bonds. The summed E-state index contributed by atoms with van der Waals surface area (Å²) in [6.45, 7) is -1.21. The highest BCUT2D eigenvalue weighted by Gasteiger charge is 2.33. The molecule has 0 spiro atoms. The molecule has 1 aliphatic heterocycles. The molecule has 1 atom stereocenters. The molecule has 2 N–H and O–H groups in total. The number of carbonyl (C=O) groups excluding carboxylic acids is 1. The van der Waals surface area contributed by atoms with Gasteiger partial charge in [-0.2, -0.15) is 0 Å². The van der Waals surface area contributed by atoms with Crippen LogP contribution in [0.4, 0.5) is 0 Å². The van der Waals surface area contributed by atoms with Gasteiger partial charge in [-0.15, -0.1) is 11.8 Å². The zero-order chi connectivity index (χ0) is 14.7. The molecule has 0 aromatic heterocycles. The molecule has 2 rings (SSSR count). The van der Waals surface area contributed by atoms with Gasteiger partial charge in [-0.25, -0.2) is 0 Å². The Bertz CT molecular complexity index is 543. The van der Waals surface area contributed by atoms with Gasteiger partial charge in [-0.3, -0.25) is 14.4 Å². The van der Waals surface area contributed by atoms with E-state index in [9.17, 15) is 14.4 Å². The third-order valence-electron chi connectivity index (χ3n) is 2.96. The van der Waals surface area contributed by atoms with E-state index in [0.717, 1.165) is 15.4 Å². The lowest BCUT2D eigenvalue weighted by Crippen LogP contribution is -2.42. The minimum Gasteiger partial charge on any atom is -0.480 e. The number of aliphatic carboxylic acids is 2. The Kier molecular flexibility index (Phi) is 4.29. The molecule has 1 aromatic rings. The largest absolute Gasteiger partial charge is 0.480 e. The van der Waals surface area contributed by atoms with Crippen molar-refractivity contribution in [2.24, 2.45) is 0 Å². The van der Waals surface area contributed by atoms with Crippen molar-refractivity contribution in [1.82, 2.24) is 4.90 Å². The van der Waals surface area contributed by atoms with Crippen LogP contribution in [-0.4, -0.2) is 51.8 Å². The highest BCUT2D eigenvalue weighted by Crippen LogP contribution is 2.40. The lowest BCUT2D eigenvalue weighted by molar-refractivity contribution is -0.149. The number of benzene rings is 1.